The molecule has 6 nitrogen and oxygen atoms in total. The van der Waals surface area contributed by atoms with Gasteiger partial charge in [0.2, 0.25) is 11.0 Å². The van der Waals surface area contributed by atoms with Crippen molar-refractivity contribution in [3.63, 3.8) is 0 Å². The van der Waals surface area contributed by atoms with E-state index in [0.29, 0.717) is 16.8 Å². The van der Waals surface area contributed by atoms with Crippen LogP contribution in [0.2, 0.25) is 5.02 Å². The van der Waals surface area contributed by atoms with Gasteiger partial charge in [0.1, 0.15) is 12.4 Å². The van der Waals surface area contributed by atoms with Gasteiger partial charge in [0.05, 0.1) is 12.1 Å². The van der Waals surface area contributed by atoms with Crippen LogP contribution < -0.4 is 5.32 Å². The maximum absolute atomic E-state index is 12.3. The average Bonchev–Trinajstić information content (AvgIpc) is 3.17. The highest BCUT2D eigenvalue weighted by Crippen LogP contribution is 2.20. The van der Waals surface area contributed by atoms with E-state index in [-0.39, 0.29) is 12.3 Å². The largest absolute Gasteiger partial charge is 0.391 e. The lowest BCUT2D eigenvalue weighted by Crippen LogP contribution is -2.14. The normalized spacial score (nSPS) is 11.4. The number of aromatic nitrogens is 2. The zero-order valence-corrected chi connectivity index (χ0v) is 18.7. The highest BCUT2D eigenvalue weighted by molar-refractivity contribution is 7.09. The van der Waals surface area contributed by atoms with Crippen LogP contribution in [-0.4, -0.2) is 21.0 Å². The molecule has 3 aromatic rings. The minimum atomic E-state index is -0.133. The molecule has 0 spiro atoms. The molecule has 0 fully saturated rings. The number of amides is 1. The lowest BCUT2D eigenvalue weighted by atomic mass is 10.1. The Labute approximate surface area is 185 Å². The molecule has 0 bridgehead atoms. The van der Waals surface area contributed by atoms with Gasteiger partial charge in [0.25, 0.3) is 0 Å². The molecule has 1 heterocycles. The van der Waals surface area contributed by atoms with E-state index in [4.69, 9.17) is 16.4 Å². The van der Waals surface area contributed by atoms with Crippen molar-refractivity contribution in [2.45, 2.75) is 40.2 Å². The summed E-state index contributed by atoms with van der Waals surface area (Å²) < 4.78 is 4.17. The maximum Gasteiger partial charge on any atom is 0.230 e. The number of hydrogen-bond donors (Lipinski definition) is 1. The Morgan fingerprint density at radius 3 is 2.80 bits per heavy atom. The number of benzene rings is 2. The highest BCUT2D eigenvalue weighted by Gasteiger charge is 2.10. The van der Waals surface area contributed by atoms with Crippen molar-refractivity contribution < 1.29 is 9.63 Å². The number of hydrogen-bond acceptors (Lipinski definition) is 6. The van der Waals surface area contributed by atoms with Gasteiger partial charge < -0.3 is 10.2 Å². The number of halogens is 1. The third kappa shape index (κ3) is 5.87. The van der Waals surface area contributed by atoms with Crippen LogP contribution in [-0.2, 0) is 29.1 Å². The van der Waals surface area contributed by atoms with Crippen LogP contribution >= 0.6 is 23.1 Å². The molecular weight excluding hydrogens is 420 g/mol. The van der Waals surface area contributed by atoms with Crippen molar-refractivity contribution in [1.82, 2.24) is 9.36 Å². The van der Waals surface area contributed by atoms with E-state index < -0.39 is 0 Å². The second-order valence-corrected chi connectivity index (χ2v) is 7.94. The summed E-state index contributed by atoms with van der Waals surface area (Å²) in [5.74, 6) is 0.599. The molecule has 1 N–H and O–H groups in total. The van der Waals surface area contributed by atoms with Crippen LogP contribution in [0.3, 0.4) is 0 Å². The molecule has 0 atom stereocenters. The Morgan fingerprint density at radius 2 is 2.07 bits per heavy atom. The monoisotopic (exact) mass is 442 g/mol. The van der Waals surface area contributed by atoms with Gasteiger partial charge in [0.15, 0.2) is 0 Å². The molecule has 0 aliphatic heterocycles. The standard InChI is InChI=1S/C22H23ClN4O2S/c1-4-20-24-22(30-27-20)25-21(28)12-16-8-6-9-17(11-16)15(3)26-29-13-18-14(2)7-5-10-19(18)23/h5-11H,4,12-13H2,1-3H3,(H,24,25,27,28). The fourth-order valence-corrected chi connectivity index (χ4v) is 3.74. The molecule has 30 heavy (non-hydrogen) atoms. The summed E-state index contributed by atoms with van der Waals surface area (Å²) in [6.07, 6.45) is 0.979. The first-order valence-electron chi connectivity index (χ1n) is 9.58. The molecule has 3 rings (SSSR count). The second-order valence-electron chi connectivity index (χ2n) is 6.78. The van der Waals surface area contributed by atoms with Crippen LogP contribution in [0.25, 0.3) is 0 Å². The molecule has 0 radical (unpaired) electrons. The first-order valence-corrected chi connectivity index (χ1v) is 10.7. The van der Waals surface area contributed by atoms with E-state index in [1.165, 1.54) is 11.5 Å². The second kappa shape index (κ2) is 10.3. The third-order valence-electron chi connectivity index (χ3n) is 4.50. The predicted molar refractivity (Wildman–Crippen MR) is 121 cm³/mol. The third-order valence-corrected chi connectivity index (χ3v) is 5.53. The molecule has 0 unspecified atom stereocenters. The lowest BCUT2D eigenvalue weighted by molar-refractivity contribution is -0.115. The maximum atomic E-state index is 12.3. The zero-order valence-electron chi connectivity index (χ0n) is 17.1. The number of nitrogens with one attached hydrogen (secondary N) is 1. The van der Waals surface area contributed by atoms with Crippen LogP contribution in [0.5, 0.6) is 0 Å². The Bertz CT molecular complexity index is 1040. The topological polar surface area (TPSA) is 76.5 Å². The van der Waals surface area contributed by atoms with Crippen molar-refractivity contribution in [2.75, 3.05) is 5.32 Å². The quantitative estimate of drug-likeness (QED) is 0.385. The van der Waals surface area contributed by atoms with E-state index in [1.54, 1.807) is 0 Å². The molecule has 0 saturated heterocycles. The minimum Gasteiger partial charge on any atom is -0.391 e. The van der Waals surface area contributed by atoms with Gasteiger partial charge in [-0.15, -0.1) is 0 Å². The number of oxime groups is 1. The number of carbonyl (C=O) groups is 1. The zero-order chi connectivity index (χ0) is 21.5. The van der Waals surface area contributed by atoms with Gasteiger partial charge in [-0.25, -0.2) is 4.98 Å². The summed E-state index contributed by atoms with van der Waals surface area (Å²) in [7, 11) is 0. The van der Waals surface area contributed by atoms with E-state index in [9.17, 15) is 4.79 Å². The number of carbonyl (C=O) groups excluding carboxylic acids is 1. The number of rotatable bonds is 8. The average molecular weight is 443 g/mol. The van der Waals surface area contributed by atoms with Crippen molar-refractivity contribution in [3.05, 3.63) is 75.6 Å². The van der Waals surface area contributed by atoms with Crippen LogP contribution in [0.1, 0.15) is 41.9 Å². The van der Waals surface area contributed by atoms with E-state index in [1.807, 2.05) is 63.2 Å². The van der Waals surface area contributed by atoms with Gasteiger partial charge in [-0.2, -0.15) is 4.37 Å². The first kappa shape index (κ1) is 21.9. The molecule has 2 aromatic carbocycles. The summed E-state index contributed by atoms with van der Waals surface area (Å²) in [4.78, 5) is 22.1. The smallest absolute Gasteiger partial charge is 0.230 e. The van der Waals surface area contributed by atoms with Crippen LogP contribution in [0.15, 0.2) is 47.6 Å². The summed E-state index contributed by atoms with van der Waals surface area (Å²) in [5.41, 5.74) is 4.47. The molecular formula is C22H23ClN4O2S. The van der Waals surface area contributed by atoms with Crippen molar-refractivity contribution >= 4 is 39.9 Å². The predicted octanol–water partition coefficient (Wildman–Crippen LogP) is 5.18. The Kier molecular flexibility index (Phi) is 7.54. The number of nitrogens with zero attached hydrogens (tertiary/aromatic N) is 3. The van der Waals surface area contributed by atoms with Gasteiger partial charge in [-0.05, 0) is 42.7 Å². The molecule has 156 valence electrons. The Balaban J connectivity index is 1.60. The molecule has 8 heteroatoms. The fraction of sp³-hybridized carbons (Fsp3) is 0.273. The molecule has 0 aliphatic carbocycles. The van der Waals surface area contributed by atoms with Gasteiger partial charge in [0, 0.05) is 28.5 Å². The lowest BCUT2D eigenvalue weighted by Gasteiger charge is -2.08. The van der Waals surface area contributed by atoms with Crippen LogP contribution in [0, 0.1) is 6.92 Å². The highest BCUT2D eigenvalue weighted by atomic mass is 35.5. The summed E-state index contributed by atoms with van der Waals surface area (Å²) in [5, 5.41) is 8.19. The van der Waals surface area contributed by atoms with E-state index >= 15 is 0 Å². The SMILES string of the molecule is CCc1nsc(NC(=O)Cc2cccc(C(C)=NOCc3c(C)cccc3Cl)c2)n1. The number of aryl methyl sites for hydroxylation is 2. The molecule has 1 aromatic heterocycles. The van der Waals surface area contributed by atoms with Gasteiger partial charge >= 0.3 is 0 Å². The van der Waals surface area contributed by atoms with Crippen molar-refractivity contribution in [2.24, 2.45) is 5.16 Å². The molecule has 1 amide bonds. The van der Waals surface area contributed by atoms with E-state index in [0.717, 1.165) is 40.2 Å². The molecule has 0 saturated carbocycles. The fourth-order valence-electron chi connectivity index (χ4n) is 2.80. The van der Waals surface area contributed by atoms with Gasteiger partial charge in [-0.1, -0.05) is 54.0 Å². The van der Waals surface area contributed by atoms with E-state index in [2.05, 4.69) is 19.8 Å². The Morgan fingerprint density at radius 1 is 1.27 bits per heavy atom. The number of anilines is 1. The Hall–Kier alpha value is -2.77. The van der Waals surface area contributed by atoms with Gasteiger partial charge in [-0.3, -0.25) is 4.79 Å². The minimum absolute atomic E-state index is 0.133. The summed E-state index contributed by atoms with van der Waals surface area (Å²) in [6, 6.07) is 13.4. The van der Waals surface area contributed by atoms with Crippen molar-refractivity contribution in [1.29, 1.82) is 0 Å². The summed E-state index contributed by atoms with van der Waals surface area (Å²) >= 11 is 7.42. The molecule has 0 aliphatic rings. The van der Waals surface area contributed by atoms with Crippen molar-refractivity contribution in [3.8, 4) is 0 Å². The summed E-state index contributed by atoms with van der Waals surface area (Å²) in [6.45, 7) is 6.13. The first-order chi connectivity index (χ1) is 14.5. The van der Waals surface area contributed by atoms with Crippen LogP contribution in [0.4, 0.5) is 5.13 Å².